The lowest BCUT2D eigenvalue weighted by Gasteiger charge is -2.23. The molecule has 1 aromatic carbocycles. The number of thioether (sulfide) groups is 1. The second kappa shape index (κ2) is 11.1. The molecular weight excluding hydrogens is 571 g/mol. The molecule has 0 amide bonds. The smallest absolute Gasteiger partial charge is 0.264 e. The summed E-state index contributed by atoms with van der Waals surface area (Å²) >= 11 is 7.11. The molecular formula is C24H21N11O2S3. The van der Waals surface area contributed by atoms with Crippen LogP contribution in [0.5, 0.6) is 0 Å². The van der Waals surface area contributed by atoms with Crippen molar-refractivity contribution in [1.82, 2.24) is 19.9 Å². The zero-order valence-corrected chi connectivity index (χ0v) is 22.9. The summed E-state index contributed by atoms with van der Waals surface area (Å²) in [7, 11) is -3.83. The molecule has 1 fully saturated rings. The molecule has 0 aliphatic carbocycles. The van der Waals surface area contributed by atoms with Gasteiger partial charge in [-0.1, -0.05) is 6.08 Å². The Bertz CT molecular complexity index is 1630. The highest BCUT2D eigenvalue weighted by atomic mass is 32.2. The molecule has 16 heteroatoms. The zero-order chi connectivity index (χ0) is 27.5. The summed E-state index contributed by atoms with van der Waals surface area (Å²) in [6, 6.07) is 7.75. The number of aromatic nitrogens is 4. The van der Waals surface area contributed by atoms with Crippen molar-refractivity contribution in [3.63, 3.8) is 0 Å². The van der Waals surface area contributed by atoms with Crippen LogP contribution in [0.2, 0.25) is 0 Å². The molecule has 0 spiro atoms. The molecule has 3 aliphatic rings. The summed E-state index contributed by atoms with van der Waals surface area (Å²) in [5.74, 6) is 1.38. The molecule has 0 saturated carbocycles. The normalized spacial score (nSPS) is 22.6. The Hall–Kier alpha value is -4.28. The second-order valence-electron chi connectivity index (χ2n) is 8.68. The van der Waals surface area contributed by atoms with Crippen LogP contribution >= 0.6 is 24.0 Å². The molecule has 4 atom stereocenters. The van der Waals surface area contributed by atoms with Crippen LogP contribution in [0.3, 0.4) is 0 Å². The predicted octanol–water partition coefficient (Wildman–Crippen LogP) is 2.80. The minimum absolute atomic E-state index is 0.00873. The Morgan fingerprint density at radius 3 is 2.45 bits per heavy atom. The number of hydrogen-bond donors (Lipinski definition) is 4. The minimum atomic E-state index is -3.83. The molecule has 3 aromatic rings. The number of fused-ring (bicyclic) bond motifs is 3. The number of nitrogens with one attached hydrogen (secondary N) is 4. The van der Waals surface area contributed by atoms with E-state index in [0.29, 0.717) is 17.3 Å². The van der Waals surface area contributed by atoms with Gasteiger partial charge in [-0.2, -0.15) is 0 Å². The first-order valence-corrected chi connectivity index (χ1v) is 14.8. The third-order valence-electron chi connectivity index (χ3n) is 6.04. The van der Waals surface area contributed by atoms with Crippen LogP contribution in [-0.4, -0.2) is 68.5 Å². The van der Waals surface area contributed by atoms with Crippen LogP contribution < -0.4 is 20.7 Å². The van der Waals surface area contributed by atoms with Crippen molar-refractivity contribution in [1.29, 1.82) is 0 Å². The molecule has 40 heavy (non-hydrogen) atoms. The molecule has 6 rings (SSSR count). The first-order chi connectivity index (χ1) is 19.4. The lowest BCUT2D eigenvalue weighted by Crippen LogP contribution is -2.37. The quantitative estimate of drug-likeness (QED) is 0.311. The standard InChI is InChI=1S/C24H21N11O2S3/c36-40(37,35-23-26-9-2-10-27-23)16-6-4-14(5-7-16)32-24(38)33-15-11-28-22(29-12-15)34-20-19-18(30-13-31-20)17-3-1-8-25-21(17)39-19/h1-13,17-19,21H,(H,26,27,35)(H2,32,33,38)(H,28,29,30,31,34). The second-order valence-corrected chi connectivity index (χ2v) is 12.0. The highest BCUT2D eigenvalue weighted by molar-refractivity contribution is 8.01. The van der Waals surface area contributed by atoms with Crippen LogP contribution in [0.15, 0.2) is 87.1 Å². The van der Waals surface area contributed by atoms with E-state index in [1.165, 1.54) is 24.5 Å². The molecule has 202 valence electrons. The van der Waals surface area contributed by atoms with Gasteiger partial charge in [0, 0.05) is 30.2 Å². The SMILES string of the molecule is O=S(=O)(Nc1ncccn1)c1ccc(NC(=S)Nc2cnc(NC3=NC=NC4C3SC3N=CC=CC34)nc2)cc1. The van der Waals surface area contributed by atoms with Crippen molar-refractivity contribution in [3.05, 3.63) is 67.3 Å². The monoisotopic (exact) mass is 591 g/mol. The third kappa shape index (κ3) is 5.68. The number of rotatable bonds is 6. The molecule has 13 nitrogen and oxygen atoms in total. The van der Waals surface area contributed by atoms with Crippen LogP contribution in [0.1, 0.15) is 0 Å². The molecule has 4 unspecified atom stereocenters. The van der Waals surface area contributed by atoms with Crippen molar-refractivity contribution >= 4 is 80.8 Å². The van der Waals surface area contributed by atoms with E-state index in [-0.39, 0.29) is 38.5 Å². The van der Waals surface area contributed by atoms with Gasteiger partial charge in [0.25, 0.3) is 10.0 Å². The van der Waals surface area contributed by atoms with Gasteiger partial charge in [0.05, 0.1) is 34.3 Å². The van der Waals surface area contributed by atoms with Gasteiger partial charge in [-0.3, -0.25) is 9.98 Å². The van der Waals surface area contributed by atoms with E-state index in [0.717, 1.165) is 5.84 Å². The lowest BCUT2D eigenvalue weighted by atomic mass is 9.95. The zero-order valence-electron chi connectivity index (χ0n) is 20.5. The number of sulfonamides is 1. The van der Waals surface area contributed by atoms with Crippen LogP contribution in [0, 0.1) is 5.92 Å². The Kier molecular flexibility index (Phi) is 7.19. The Morgan fingerprint density at radius 1 is 0.925 bits per heavy atom. The molecule has 3 aliphatic heterocycles. The van der Waals surface area contributed by atoms with Crippen molar-refractivity contribution < 1.29 is 8.42 Å². The number of nitrogens with zero attached hydrogens (tertiary/aromatic N) is 7. The van der Waals surface area contributed by atoms with E-state index in [9.17, 15) is 8.42 Å². The number of anilines is 4. The first-order valence-electron chi connectivity index (χ1n) is 12.0. The van der Waals surface area contributed by atoms with Gasteiger partial charge in [-0.15, -0.1) is 11.8 Å². The van der Waals surface area contributed by atoms with Gasteiger partial charge in [-0.25, -0.2) is 38.1 Å². The van der Waals surface area contributed by atoms with Crippen LogP contribution in [0.4, 0.5) is 23.3 Å². The Labute approximate surface area is 238 Å². The summed E-state index contributed by atoms with van der Waals surface area (Å²) in [6.07, 6.45) is 13.6. The molecule has 0 bridgehead atoms. The molecule has 0 radical (unpaired) electrons. The molecule has 5 heterocycles. The number of thiocarbonyl (C=S) groups is 1. The van der Waals surface area contributed by atoms with E-state index in [2.05, 4.69) is 61.7 Å². The van der Waals surface area contributed by atoms with Gasteiger partial charge in [0.2, 0.25) is 11.9 Å². The van der Waals surface area contributed by atoms with Gasteiger partial charge in [0.15, 0.2) is 5.11 Å². The summed E-state index contributed by atoms with van der Waals surface area (Å²) < 4.78 is 27.4. The summed E-state index contributed by atoms with van der Waals surface area (Å²) in [4.78, 5) is 30.1. The van der Waals surface area contributed by atoms with Crippen molar-refractivity contribution in [2.75, 3.05) is 20.7 Å². The fourth-order valence-corrected chi connectivity index (χ4v) is 6.94. The Balaban J connectivity index is 1.03. The average Bonchev–Trinajstić information content (AvgIpc) is 3.35. The largest absolute Gasteiger partial charge is 0.332 e. The lowest BCUT2D eigenvalue weighted by molar-refractivity contribution is 0.538. The van der Waals surface area contributed by atoms with Gasteiger partial charge >= 0.3 is 0 Å². The molecule has 4 N–H and O–H groups in total. The highest BCUT2D eigenvalue weighted by Crippen LogP contribution is 2.44. The maximum atomic E-state index is 12.6. The number of hydrogen-bond acceptors (Lipinski definition) is 12. The molecule has 2 aromatic heterocycles. The van der Waals surface area contributed by atoms with Crippen molar-refractivity contribution in [2.24, 2.45) is 20.9 Å². The topological polar surface area (TPSA) is 171 Å². The maximum absolute atomic E-state index is 12.6. The number of allylic oxidation sites excluding steroid dienone is 1. The minimum Gasteiger partial charge on any atom is -0.332 e. The fraction of sp³-hybridized carbons (Fsp3) is 0.167. The summed E-state index contributed by atoms with van der Waals surface area (Å²) in [5.41, 5.74) is 1.16. The number of dihydropyridines is 1. The fourth-order valence-electron chi connectivity index (χ4n) is 4.21. The van der Waals surface area contributed by atoms with Crippen LogP contribution in [-0.2, 0) is 10.0 Å². The number of benzene rings is 1. The first kappa shape index (κ1) is 26.0. The maximum Gasteiger partial charge on any atom is 0.264 e. The van der Waals surface area contributed by atoms with Gasteiger partial charge < -0.3 is 16.0 Å². The van der Waals surface area contributed by atoms with E-state index in [1.54, 1.807) is 48.7 Å². The van der Waals surface area contributed by atoms with E-state index >= 15 is 0 Å². The summed E-state index contributed by atoms with van der Waals surface area (Å²) in [5, 5.41) is 9.69. The van der Waals surface area contributed by atoms with Gasteiger partial charge in [0.1, 0.15) is 17.5 Å². The van der Waals surface area contributed by atoms with Gasteiger partial charge in [-0.05, 0) is 48.6 Å². The van der Waals surface area contributed by atoms with E-state index in [1.807, 2.05) is 12.3 Å². The summed E-state index contributed by atoms with van der Waals surface area (Å²) in [6.45, 7) is 0. The Morgan fingerprint density at radius 2 is 1.68 bits per heavy atom. The number of aliphatic imine (C=N–C) groups is 3. The van der Waals surface area contributed by atoms with Crippen molar-refractivity contribution in [3.8, 4) is 0 Å². The molecule has 1 saturated heterocycles. The third-order valence-corrected chi connectivity index (χ3v) is 9.10. The van der Waals surface area contributed by atoms with E-state index < -0.39 is 10.0 Å². The predicted molar refractivity (Wildman–Crippen MR) is 161 cm³/mol. The van der Waals surface area contributed by atoms with E-state index in [4.69, 9.17) is 12.2 Å². The van der Waals surface area contributed by atoms with Crippen LogP contribution in [0.25, 0.3) is 0 Å². The average molecular weight is 592 g/mol. The highest BCUT2D eigenvalue weighted by Gasteiger charge is 2.46. The number of amidine groups is 1. The van der Waals surface area contributed by atoms with Crippen molar-refractivity contribution in [2.45, 2.75) is 21.6 Å².